The third-order valence-electron chi connectivity index (χ3n) is 2.41. The molecule has 0 amide bonds. The predicted octanol–water partition coefficient (Wildman–Crippen LogP) is 0.555. The van der Waals surface area contributed by atoms with E-state index in [0.29, 0.717) is 0 Å². The van der Waals surface area contributed by atoms with Crippen molar-refractivity contribution in [2.45, 2.75) is 17.4 Å². The fraction of sp³-hybridized carbons (Fsp3) is 0.273. The summed E-state index contributed by atoms with van der Waals surface area (Å²) in [7, 11) is -2.88. The number of methoxy groups -OCH3 is 1. The van der Waals surface area contributed by atoms with Crippen molar-refractivity contribution in [1.82, 2.24) is 4.72 Å². The van der Waals surface area contributed by atoms with E-state index in [2.05, 4.69) is 0 Å². The summed E-state index contributed by atoms with van der Waals surface area (Å²) in [5.74, 6) is -2.80. The lowest BCUT2D eigenvalue weighted by Crippen LogP contribution is -2.42. The first kappa shape index (κ1) is 17.2. The highest BCUT2D eigenvalue weighted by atomic mass is 35.5. The van der Waals surface area contributed by atoms with Crippen molar-refractivity contribution in [3.63, 3.8) is 0 Å². The second-order valence-electron chi connectivity index (χ2n) is 3.91. The summed E-state index contributed by atoms with van der Waals surface area (Å²) < 4.78 is 30.7. The SMILES string of the molecule is COc1ccc(S(=O)(=O)NC(CC(=O)O)C(=O)O)cc1Cl. The number of sulfonamides is 1. The molecule has 1 unspecified atom stereocenters. The highest BCUT2D eigenvalue weighted by Gasteiger charge is 2.28. The van der Waals surface area contributed by atoms with Gasteiger partial charge in [-0.3, -0.25) is 9.59 Å². The van der Waals surface area contributed by atoms with Crippen LogP contribution in [0.5, 0.6) is 5.75 Å². The van der Waals surface area contributed by atoms with Crippen molar-refractivity contribution >= 4 is 33.6 Å². The van der Waals surface area contributed by atoms with Crippen LogP contribution >= 0.6 is 11.6 Å². The molecule has 1 aromatic carbocycles. The number of hydrogen-bond acceptors (Lipinski definition) is 5. The van der Waals surface area contributed by atoms with Gasteiger partial charge in [-0.15, -0.1) is 0 Å². The molecule has 0 aliphatic heterocycles. The summed E-state index contributed by atoms with van der Waals surface area (Å²) in [6.45, 7) is 0. The van der Waals surface area contributed by atoms with E-state index in [1.54, 1.807) is 4.72 Å². The van der Waals surface area contributed by atoms with Gasteiger partial charge < -0.3 is 14.9 Å². The second-order valence-corrected chi connectivity index (χ2v) is 6.03. The van der Waals surface area contributed by atoms with Gasteiger partial charge in [0.1, 0.15) is 11.8 Å². The molecule has 21 heavy (non-hydrogen) atoms. The van der Waals surface area contributed by atoms with Gasteiger partial charge in [-0.05, 0) is 18.2 Å². The maximum atomic E-state index is 12.0. The molecule has 8 nitrogen and oxygen atoms in total. The van der Waals surface area contributed by atoms with Crippen molar-refractivity contribution in [3.05, 3.63) is 23.2 Å². The molecule has 0 aromatic heterocycles. The van der Waals surface area contributed by atoms with Crippen molar-refractivity contribution in [3.8, 4) is 5.75 Å². The van der Waals surface area contributed by atoms with Crippen molar-refractivity contribution in [1.29, 1.82) is 0 Å². The molecule has 0 heterocycles. The van der Waals surface area contributed by atoms with Crippen LogP contribution in [0.1, 0.15) is 6.42 Å². The van der Waals surface area contributed by atoms with Crippen LogP contribution in [0.2, 0.25) is 5.02 Å². The minimum absolute atomic E-state index is 0.0190. The molecule has 1 rings (SSSR count). The molecule has 10 heteroatoms. The summed E-state index contributed by atoms with van der Waals surface area (Å²) in [6.07, 6.45) is -0.890. The Morgan fingerprint density at radius 1 is 1.38 bits per heavy atom. The van der Waals surface area contributed by atoms with Crippen LogP contribution in [-0.2, 0) is 19.6 Å². The van der Waals surface area contributed by atoms with Crippen LogP contribution in [0.3, 0.4) is 0 Å². The van der Waals surface area contributed by atoms with E-state index in [-0.39, 0.29) is 15.7 Å². The fourth-order valence-electron chi connectivity index (χ4n) is 1.42. The quantitative estimate of drug-likeness (QED) is 0.662. The standard InChI is InChI=1S/C11H12ClNO7S/c1-20-9-3-2-6(4-7(9)12)21(18,19)13-8(11(16)17)5-10(14)15/h2-4,8,13H,5H2,1H3,(H,14,15)(H,16,17). The van der Waals surface area contributed by atoms with E-state index in [9.17, 15) is 18.0 Å². The summed E-state index contributed by atoms with van der Waals surface area (Å²) in [6, 6.07) is 1.74. The molecule has 116 valence electrons. The number of aliphatic carboxylic acids is 2. The first-order valence-corrected chi connectivity index (χ1v) is 7.34. The van der Waals surface area contributed by atoms with E-state index < -0.39 is 34.4 Å². The summed E-state index contributed by atoms with van der Waals surface area (Å²) in [5.41, 5.74) is 0. The minimum Gasteiger partial charge on any atom is -0.495 e. The molecule has 0 saturated carbocycles. The van der Waals surface area contributed by atoms with E-state index in [1.807, 2.05) is 0 Å². The first-order chi connectivity index (χ1) is 9.67. The lowest BCUT2D eigenvalue weighted by molar-refractivity contribution is -0.145. The number of halogens is 1. The lowest BCUT2D eigenvalue weighted by Gasteiger charge is -2.13. The minimum atomic E-state index is -4.23. The van der Waals surface area contributed by atoms with E-state index in [1.165, 1.54) is 13.2 Å². The smallest absolute Gasteiger partial charge is 0.322 e. The third kappa shape index (κ3) is 4.59. The molecule has 1 aromatic rings. The largest absolute Gasteiger partial charge is 0.495 e. The van der Waals surface area contributed by atoms with Crippen LogP contribution in [0.4, 0.5) is 0 Å². The number of ether oxygens (including phenoxy) is 1. The average molecular weight is 338 g/mol. The maximum absolute atomic E-state index is 12.0. The van der Waals surface area contributed by atoms with E-state index in [4.69, 9.17) is 26.6 Å². The van der Waals surface area contributed by atoms with Crippen LogP contribution in [0, 0.1) is 0 Å². The maximum Gasteiger partial charge on any atom is 0.322 e. The monoisotopic (exact) mass is 337 g/mol. The van der Waals surface area contributed by atoms with Crippen molar-refractivity contribution in [2.24, 2.45) is 0 Å². The first-order valence-electron chi connectivity index (χ1n) is 5.48. The van der Waals surface area contributed by atoms with Gasteiger partial charge in [0.25, 0.3) is 0 Å². The highest BCUT2D eigenvalue weighted by Crippen LogP contribution is 2.26. The number of hydrogen-bond donors (Lipinski definition) is 3. The Labute approximate surface area is 125 Å². The zero-order valence-corrected chi connectivity index (χ0v) is 12.3. The Morgan fingerprint density at radius 2 is 2.00 bits per heavy atom. The summed E-state index contributed by atoms with van der Waals surface area (Å²) in [5, 5.41) is 17.4. The van der Waals surface area contributed by atoms with Gasteiger partial charge in [-0.2, -0.15) is 4.72 Å². The van der Waals surface area contributed by atoms with Gasteiger partial charge in [0, 0.05) is 0 Å². The van der Waals surface area contributed by atoms with E-state index >= 15 is 0 Å². The topological polar surface area (TPSA) is 130 Å². The Kier molecular flexibility index (Phi) is 5.53. The molecular weight excluding hydrogens is 326 g/mol. The second kappa shape index (κ2) is 6.74. The van der Waals surface area contributed by atoms with Gasteiger partial charge in [-0.25, -0.2) is 8.42 Å². The predicted molar refractivity (Wildman–Crippen MR) is 72.0 cm³/mol. The normalized spacial score (nSPS) is 12.7. The number of carbonyl (C=O) groups is 2. The molecule has 0 saturated heterocycles. The van der Waals surface area contributed by atoms with Crippen molar-refractivity contribution < 1.29 is 33.0 Å². The van der Waals surface area contributed by atoms with Gasteiger partial charge in [0.05, 0.1) is 23.4 Å². The Morgan fingerprint density at radius 3 is 2.43 bits per heavy atom. The Balaban J connectivity index is 3.07. The molecule has 0 spiro atoms. The molecule has 0 aliphatic carbocycles. The van der Waals surface area contributed by atoms with Gasteiger partial charge in [-0.1, -0.05) is 11.6 Å². The van der Waals surface area contributed by atoms with Crippen LogP contribution in [-0.4, -0.2) is 43.7 Å². The molecular formula is C11H12ClNO7S. The highest BCUT2D eigenvalue weighted by molar-refractivity contribution is 7.89. The number of nitrogens with one attached hydrogen (secondary N) is 1. The van der Waals surface area contributed by atoms with Gasteiger partial charge >= 0.3 is 11.9 Å². The van der Waals surface area contributed by atoms with Gasteiger partial charge in [0.2, 0.25) is 10.0 Å². The van der Waals surface area contributed by atoms with Crippen molar-refractivity contribution in [2.75, 3.05) is 7.11 Å². The van der Waals surface area contributed by atoms with Gasteiger partial charge in [0.15, 0.2) is 0 Å². The van der Waals surface area contributed by atoms with E-state index in [0.717, 1.165) is 12.1 Å². The number of carboxylic acid groups (broad SMARTS) is 2. The zero-order valence-electron chi connectivity index (χ0n) is 10.7. The Bertz CT molecular complexity index is 659. The van der Waals surface area contributed by atoms with Crippen LogP contribution in [0.25, 0.3) is 0 Å². The third-order valence-corrected chi connectivity index (χ3v) is 4.17. The van der Waals surface area contributed by atoms with Crippen LogP contribution in [0.15, 0.2) is 23.1 Å². The fourth-order valence-corrected chi connectivity index (χ4v) is 2.96. The molecule has 0 aliphatic rings. The lowest BCUT2D eigenvalue weighted by atomic mass is 10.2. The molecule has 0 fully saturated rings. The Hall–Kier alpha value is -1.84. The number of benzene rings is 1. The molecule has 3 N–H and O–H groups in total. The number of carboxylic acids is 2. The summed E-state index contributed by atoms with van der Waals surface area (Å²) in [4.78, 5) is 21.1. The summed E-state index contributed by atoms with van der Waals surface area (Å²) >= 11 is 5.79. The zero-order chi connectivity index (χ0) is 16.2. The molecule has 1 atom stereocenters. The van der Waals surface area contributed by atoms with Crippen LogP contribution < -0.4 is 9.46 Å². The number of rotatable bonds is 7. The molecule has 0 bridgehead atoms. The average Bonchev–Trinajstić information content (AvgIpc) is 2.36. The molecule has 0 radical (unpaired) electrons.